The highest BCUT2D eigenvalue weighted by molar-refractivity contribution is 7.26. The predicted octanol–water partition coefficient (Wildman–Crippen LogP) is 10.9. The SMILES string of the molecule is c1ccc(Nc2c(-c3ccccc3)cc(N(c3ccccc3)c3ccccc3)c3c2sc2ccccc23)cc1. The van der Waals surface area contributed by atoms with Gasteiger partial charge in [-0.05, 0) is 54.1 Å². The van der Waals surface area contributed by atoms with Crippen LogP contribution in [-0.4, -0.2) is 0 Å². The Hall–Kier alpha value is -4.86. The molecular formula is C36H26N2S. The highest BCUT2D eigenvalue weighted by Gasteiger charge is 2.23. The fourth-order valence-corrected chi connectivity index (χ4v) is 6.50. The summed E-state index contributed by atoms with van der Waals surface area (Å²) in [6.45, 7) is 0. The molecule has 0 fully saturated rings. The number of hydrogen-bond donors (Lipinski definition) is 1. The molecule has 39 heavy (non-hydrogen) atoms. The summed E-state index contributed by atoms with van der Waals surface area (Å²) in [6.07, 6.45) is 0. The van der Waals surface area contributed by atoms with Crippen LogP contribution in [0.15, 0.2) is 152 Å². The van der Waals surface area contributed by atoms with Crippen molar-refractivity contribution in [3.8, 4) is 11.1 Å². The first-order chi connectivity index (χ1) is 19.4. The second kappa shape index (κ2) is 10.1. The third-order valence-electron chi connectivity index (χ3n) is 7.03. The zero-order valence-electron chi connectivity index (χ0n) is 21.3. The summed E-state index contributed by atoms with van der Waals surface area (Å²) in [5.74, 6) is 0. The fourth-order valence-electron chi connectivity index (χ4n) is 5.27. The maximum absolute atomic E-state index is 3.81. The number of para-hydroxylation sites is 3. The van der Waals surface area contributed by atoms with Crippen LogP contribution in [-0.2, 0) is 0 Å². The summed E-state index contributed by atoms with van der Waals surface area (Å²) in [7, 11) is 0. The maximum atomic E-state index is 3.81. The largest absolute Gasteiger partial charge is 0.354 e. The maximum Gasteiger partial charge on any atom is 0.0647 e. The van der Waals surface area contributed by atoms with Crippen LogP contribution in [0.1, 0.15) is 0 Å². The van der Waals surface area contributed by atoms with Crippen molar-refractivity contribution in [2.24, 2.45) is 0 Å². The van der Waals surface area contributed by atoms with E-state index in [2.05, 4.69) is 162 Å². The van der Waals surface area contributed by atoms with Crippen molar-refractivity contribution >= 4 is 59.9 Å². The van der Waals surface area contributed by atoms with E-state index in [0.29, 0.717) is 0 Å². The normalized spacial score (nSPS) is 11.1. The van der Waals surface area contributed by atoms with E-state index in [-0.39, 0.29) is 0 Å². The second-order valence-corrected chi connectivity index (χ2v) is 10.5. The van der Waals surface area contributed by atoms with Crippen molar-refractivity contribution in [2.45, 2.75) is 0 Å². The van der Waals surface area contributed by atoms with Gasteiger partial charge < -0.3 is 10.2 Å². The van der Waals surface area contributed by atoms with E-state index >= 15 is 0 Å². The standard InChI is InChI=1S/C36H26N2S/c1-5-15-26(16-6-1)31-25-32(38(28-19-9-3-10-20-28)29-21-11-4-12-22-29)34-30-23-13-14-24-33(30)39-36(34)35(31)37-27-17-7-2-8-18-27/h1-25,37H. The second-order valence-electron chi connectivity index (χ2n) is 9.48. The van der Waals surface area contributed by atoms with Crippen LogP contribution in [0, 0.1) is 0 Å². The molecule has 6 aromatic carbocycles. The molecule has 2 nitrogen and oxygen atoms in total. The molecule has 186 valence electrons. The molecule has 1 N–H and O–H groups in total. The van der Waals surface area contributed by atoms with Crippen molar-refractivity contribution in [3.05, 3.63) is 152 Å². The summed E-state index contributed by atoms with van der Waals surface area (Å²) in [5.41, 5.74) is 7.98. The summed E-state index contributed by atoms with van der Waals surface area (Å²) < 4.78 is 2.52. The Kier molecular flexibility index (Phi) is 6.04. The Morgan fingerprint density at radius 1 is 0.538 bits per heavy atom. The smallest absolute Gasteiger partial charge is 0.0647 e. The van der Waals surface area contributed by atoms with Gasteiger partial charge >= 0.3 is 0 Å². The van der Waals surface area contributed by atoms with Crippen molar-refractivity contribution in [1.82, 2.24) is 0 Å². The number of hydrogen-bond acceptors (Lipinski definition) is 3. The number of fused-ring (bicyclic) bond motifs is 3. The Morgan fingerprint density at radius 2 is 1.08 bits per heavy atom. The van der Waals surface area contributed by atoms with Gasteiger partial charge in [-0.25, -0.2) is 0 Å². The number of rotatable bonds is 6. The molecule has 0 saturated carbocycles. The average molecular weight is 519 g/mol. The lowest BCUT2D eigenvalue weighted by molar-refractivity contribution is 1.30. The van der Waals surface area contributed by atoms with Gasteiger partial charge in [0.25, 0.3) is 0 Å². The summed E-state index contributed by atoms with van der Waals surface area (Å²) in [4.78, 5) is 2.39. The van der Waals surface area contributed by atoms with Gasteiger partial charge in [0.1, 0.15) is 0 Å². The van der Waals surface area contributed by atoms with Crippen molar-refractivity contribution < 1.29 is 0 Å². The lowest BCUT2D eigenvalue weighted by Gasteiger charge is -2.28. The van der Waals surface area contributed by atoms with Gasteiger partial charge in [0, 0.05) is 38.1 Å². The van der Waals surface area contributed by atoms with E-state index in [1.165, 1.54) is 31.3 Å². The Bertz CT molecular complexity index is 1820. The molecular weight excluding hydrogens is 492 g/mol. The molecule has 0 aliphatic carbocycles. The number of anilines is 5. The van der Waals surface area contributed by atoms with E-state index in [9.17, 15) is 0 Å². The van der Waals surface area contributed by atoms with Crippen LogP contribution in [0.4, 0.5) is 28.4 Å². The topological polar surface area (TPSA) is 15.3 Å². The molecule has 0 atom stereocenters. The highest BCUT2D eigenvalue weighted by Crippen LogP contribution is 2.51. The van der Waals surface area contributed by atoms with Gasteiger partial charge in [-0.3, -0.25) is 0 Å². The quantitative estimate of drug-likeness (QED) is 0.235. The van der Waals surface area contributed by atoms with E-state index in [4.69, 9.17) is 0 Å². The van der Waals surface area contributed by atoms with Crippen molar-refractivity contribution in [1.29, 1.82) is 0 Å². The van der Waals surface area contributed by atoms with E-state index in [0.717, 1.165) is 28.4 Å². The van der Waals surface area contributed by atoms with E-state index in [1.54, 1.807) is 0 Å². The third-order valence-corrected chi connectivity index (χ3v) is 8.21. The fraction of sp³-hybridized carbons (Fsp3) is 0. The van der Waals surface area contributed by atoms with Crippen LogP contribution in [0.2, 0.25) is 0 Å². The first-order valence-electron chi connectivity index (χ1n) is 13.1. The van der Waals surface area contributed by atoms with Crippen LogP contribution in [0.25, 0.3) is 31.3 Å². The molecule has 0 radical (unpaired) electrons. The molecule has 0 aliphatic heterocycles. The van der Waals surface area contributed by atoms with E-state index in [1.807, 2.05) is 11.3 Å². The summed E-state index contributed by atoms with van der Waals surface area (Å²) in [5, 5.41) is 6.33. The van der Waals surface area contributed by atoms with Crippen LogP contribution in [0.5, 0.6) is 0 Å². The summed E-state index contributed by atoms with van der Waals surface area (Å²) >= 11 is 1.85. The lowest BCUT2D eigenvalue weighted by Crippen LogP contribution is -2.11. The minimum absolute atomic E-state index is 1.07. The lowest BCUT2D eigenvalue weighted by atomic mass is 9.98. The zero-order valence-corrected chi connectivity index (χ0v) is 22.1. The van der Waals surface area contributed by atoms with Crippen molar-refractivity contribution in [3.63, 3.8) is 0 Å². The van der Waals surface area contributed by atoms with Gasteiger partial charge in [-0.1, -0.05) is 103 Å². The molecule has 7 aromatic rings. The third kappa shape index (κ3) is 4.33. The Balaban J connectivity index is 1.61. The van der Waals surface area contributed by atoms with Crippen molar-refractivity contribution in [2.75, 3.05) is 10.2 Å². The van der Waals surface area contributed by atoms with Gasteiger partial charge in [-0.2, -0.15) is 0 Å². The minimum Gasteiger partial charge on any atom is -0.354 e. The van der Waals surface area contributed by atoms with Gasteiger partial charge in [0.15, 0.2) is 0 Å². The Labute approximate surface area is 232 Å². The van der Waals surface area contributed by atoms with Crippen LogP contribution < -0.4 is 10.2 Å². The zero-order chi connectivity index (χ0) is 26.0. The number of thiophene rings is 1. The van der Waals surface area contributed by atoms with Gasteiger partial charge in [0.2, 0.25) is 0 Å². The molecule has 0 amide bonds. The molecule has 1 aromatic heterocycles. The molecule has 0 unspecified atom stereocenters. The van der Waals surface area contributed by atoms with Gasteiger partial charge in [-0.15, -0.1) is 11.3 Å². The first kappa shape index (κ1) is 23.3. The van der Waals surface area contributed by atoms with Crippen LogP contribution in [0.3, 0.4) is 0 Å². The summed E-state index contributed by atoms with van der Waals surface area (Å²) in [6, 6.07) is 53.6. The van der Waals surface area contributed by atoms with Crippen LogP contribution >= 0.6 is 11.3 Å². The number of nitrogens with zero attached hydrogens (tertiary/aromatic N) is 1. The number of nitrogens with one attached hydrogen (secondary N) is 1. The minimum atomic E-state index is 1.07. The molecule has 0 saturated heterocycles. The molecule has 0 bridgehead atoms. The molecule has 3 heteroatoms. The monoisotopic (exact) mass is 518 g/mol. The number of benzene rings is 6. The molecule has 7 rings (SSSR count). The highest BCUT2D eigenvalue weighted by atomic mass is 32.1. The van der Waals surface area contributed by atoms with E-state index < -0.39 is 0 Å². The average Bonchev–Trinajstić information content (AvgIpc) is 3.40. The predicted molar refractivity (Wildman–Crippen MR) is 169 cm³/mol. The van der Waals surface area contributed by atoms with Gasteiger partial charge in [0.05, 0.1) is 16.1 Å². The molecule has 1 heterocycles. The first-order valence-corrected chi connectivity index (χ1v) is 13.9. The Morgan fingerprint density at radius 3 is 1.72 bits per heavy atom. The molecule has 0 aliphatic rings. The molecule has 0 spiro atoms.